The van der Waals surface area contributed by atoms with Crippen LogP contribution >= 0.6 is 11.8 Å². The average molecular weight is 205 g/mol. The Kier molecular flexibility index (Phi) is 7.81. The van der Waals surface area contributed by atoms with E-state index in [1.807, 2.05) is 11.8 Å². The molecule has 80 valence electrons. The molecule has 2 nitrogen and oxygen atoms in total. The second kappa shape index (κ2) is 7.65. The van der Waals surface area contributed by atoms with Crippen molar-refractivity contribution < 1.29 is 4.74 Å². The molecule has 0 radical (unpaired) electrons. The molecule has 1 N–H and O–H groups in total. The molecule has 0 saturated heterocycles. The summed E-state index contributed by atoms with van der Waals surface area (Å²) >= 11 is 2.00. The predicted octanol–water partition coefficient (Wildman–Crippen LogP) is 2.14. The third-order valence-electron chi connectivity index (χ3n) is 1.95. The smallest absolute Gasteiger partial charge is 0.0746 e. The van der Waals surface area contributed by atoms with Crippen LogP contribution in [0.15, 0.2) is 0 Å². The van der Waals surface area contributed by atoms with Crippen molar-refractivity contribution in [1.82, 2.24) is 5.32 Å². The van der Waals surface area contributed by atoms with Crippen molar-refractivity contribution in [1.29, 1.82) is 0 Å². The van der Waals surface area contributed by atoms with Gasteiger partial charge in [0.15, 0.2) is 0 Å². The molecule has 13 heavy (non-hydrogen) atoms. The predicted molar refractivity (Wildman–Crippen MR) is 61.6 cm³/mol. The quantitative estimate of drug-likeness (QED) is 0.614. The Morgan fingerprint density at radius 1 is 1.38 bits per heavy atom. The zero-order valence-corrected chi connectivity index (χ0v) is 10.2. The summed E-state index contributed by atoms with van der Waals surface area (Å²) in [6, 6.07) is 0. The van der Waals surface area contributed by atoms with Gasteiger partial charge in [0.05, 0.1) is 5.60 Å². The van der Waals surface area contributed by atoms with Gasteiger partial charge in [-0.2, -0.15) is 11.8 Å². The van der Waals surface area contributed by atoms with Crippen LogP contribution in [0.3, 0.4) is 0 Å². The molecular formula is C10H23NOS. The first kappa shape index (κ1) is 13.3. The summed E-state index contributed by atoms with van der Waals surface area (Å²) < 4.78 is 5.30. The van der Waals surface area contributed by atoms with Crippen molar-refractivity contribution in [3.8, 4) is 0 Å². The molecule has 0 atom stereocenters. The van der Waals surface area contributed by atoms with E-state index in [-0.39, 0.29) is 5.60 Å². The minimum absolute atomic E-state index is 0.0299. The molecule has 0 unspecified atom stereocenters. The maximum Gasteiger partial charge on any atom is 0.0746 e. The van der Waals surface area contributed by atoms with Crippen LogP contribution in [0.25, 0.3) is 0 Å². The first-order valence-corrected chi connectivity index (χ1v) is 6.11. The first-order valence-electron chi connectivity index (χ1n) is 4.96. The van der Waals surface area contributed by atoms with Gasteiger partial charge in [-0.05, 0) is 38.3 Å². The second-order valence-electron chi connectivity index (χ2n) is 3.69. The molecule has 0 rings (SSSR count). The van der Waals surface area contributed by atoms with Crippen molar-refractivity contribution in [3.63, 3.8) is 0 Å². The first-order chi connectivity index (χ1) is 6.12. The molecule has 0 heterocycles. The Balaban J connectivity index is 3.16. The maximum absolute atomic E-state index is 5.30. The van der Waals surface area contributed by atoms with Crippen LogP contribution in [-0.2, 0) is 4.74 Å². The van der Waals surface area contributed by atoms with E-state index in [1.165, 1.54) is 17.9 Å². The monoisotopic (exact) mass is 205 g/mol. The molecular weight excluding hydrogens is 182 g/mol. The SMILES string of the molecule is CCSCCCNCC(C)(C)OC. The van der Waals surface area contributed by atoms with Gasteiger partial charge in [-0.3, -0.25) is 0 Å². The van der Waals surface area contributed by atoms with E-state index in [4.69, 9.17) is 4.74 Å². The van der Waals surface area contributed by atoms with E-state index in [1.54, 1.807) is 7.11 Å². The van der Waals surface area contributed by atoms with E-state index in [0.717, 1.165) is 13.1 Å². The van der Waals surface area contributed by atoms with Crippen molar-refractivity contribution in [2.45, 2.75) is 32.8 Å². The van der Waals surface area contributed by atoms with Crippen molar-refractivity contribution >= 4 is 11.8 Å². The molecule has 0 fully saturated rings. The van der Waals surface area contributed by atoms with E-state index < -0.39 is 0 Å². The maximum atomic E-state index is 5.30. The molecule has 0 aromatic heterocycles. The van der Waals surface area contributed by atoms with Gasteiger partial charge < -0.3 is 10.1 Å². The lowest BCUT2D eigenvalue weighted by Crippen LogP contribution is -2.37. The highest BCUT2D eigenvalue weighted by atomic mass is 32.2. The zero-order valence-electron chi connectivity index (χ0n) is 9.35. The van der Waals surface area contributed by atoms with Crippen LogP contribution in [0.2, 0.25) is 0 Å². The largest absolute Gasteiger partial charge is 0.377 e. The zero-order chi connectivity index (χ0) is 10.2. The number of nitrogens with one attached hydrogen (secondary N) is 1. The molecule has 0 aromatic rings. The number of rotatable bonds is 8. The number of methoxy groups -OCH3 is 1. The van der Waals surface area contributed by atoms with Gasteiger partial charge in [-0.25, -0.2) is 0 Å². The van der Waals surface area contributed by atoms with Crippen LogP contribution < -0.4 is 5.32 Å². The molecule has 0 spiro atoms. The van der Waals surface area contributed by atoms with Crippen molar-refractivity contribution in [3.05, 3.63) is 0 Å². The Hall–Kier alpha value is 0.270. The topological polar surface area (TPSA) is 21.3 Å². The molecule has 3 heteroatoms. The summed E-state index contributed by atoms with van der Waals surface area (Å²) in [5.74, 6) is 2.49. The van der Waals surface area contributed by atoms with E-state index in [9.17, 15) is 0 Å². The highest BCUT2D eigenvalue weighted by Crippen LogP contribution is 2.05. The fourth-order valence-corrected chi connectivity index (χ4v) is 1.54. The number of thioether (sulfide) groups is 1. The summed E-state index contributed by atoms with van der Waals surface area (Å²) in [6.07, 6.45) is 1.25. The summed E-state index contributed by atoms with van der Waals surface area (Å²) in [6.45, 7) is 8.42. The minimum Gasteiger partial charge on any atom is -0.377 e. The number of hydrogen-bond acceptors (Lipinski definition) is 3. The lowest BCUT2D eigenvalue weighted by atomic mass is 10.1. The summed E-state index contributed by atoms with van der Waals surface area (Å²) in [5, 5.41) is 3.40. The third-order valence-corrected chi connectivity index (χ3v) is 2.94. The average Bonchev–Trinajstić information content (AvgIpc) is 2.11. The van der Waals surface area contributed by atoms with Crippen LogP contribution in [0.1, 0.15) is 27.2 Å². The Labute approximate surface area is 86.8 Å². The molecule has 0 bridgehead atoms. The standard InChI is InChI=1S/C10H23NOS/c1-5-13-8-6-7-11-9-10(2,3)12-4/h11H,5-9H2,1-4H3. The lowest BCUT2D eigenvalue weighted by Gasteiger charge is -2.23. The fraction of sp³-hybridized carbons (Fsp3) is 1.00. The molecule has 0 aliphatic heterocycles. The molecule has 0 aromatic carbocycles. The van der Waals surface area contributed by atoms with Crippen LogP contribution in [0, 0.1) is 0 Å². The molecule has 0 saturated carbocycles. The third kappa shape index (κ3) is 8.60. The Morgan fingerprint density at radius 2 is 2.08 bits per heavy atom. The summed E-state index contributed by atoms with van der Waals surface area (Å²) in [5.41, 5.74) is -0.0299. The van der Waals surface area contributed by atoms with Crippen LogP contribution in [-0.4, -0.2) is 37.3 Å². The Morgan fingerprint density at radius 3 is 2.62 bits per heavy atom. The highest BCUT2D eigenvalue weighted by molar-refractivity contribution is 7.99. The van der Waals surface area contributed by atoms with Gasteiger partial charge in [0.1, 0.15) is 0 Å². The molecule has 0 aliphatic rings. The van der Waals surface area contributed by atoms with Gasteiger partial charge in [-0.15, -0.1) is 0 Å². The van der Waals surface area contributed by atoms with Crippen molar-refractivity contribution in [2.24, 2.45) is 0 Å². The van der Waals surface area contributed by atoms with Gasteiger partial charge in [0.2, 0.25) is 0 Å². The van der Waals surface area contributed by atoms with E-state index in [2.05, 4.69) is 26.1 Å². The minimum atomic E-state index is -0.0299. The van der Waals surface area contributed by atoms with Gasteiger partial charge in [-0.1, -0.05) is 6.92 Å². The number of ether oxygens (including phenoxy) is 1. The van der Waals surface area contributed by atoms with Gasteiger partial charge in [0, 0.05) is 13.7 Å². The van der Waals surface area contributed by atoms with E-state index in [0.29, 0.717) is 0 Å². The van der Waals surface area contributed by atoms with Crippen LogP contribution in [0.5, 0.6) is 0 Å². The summed E-state index contributed by atoms with van der Waals surface area (Å²) in [7, 11) is 1.76. The number of hydrogen-bond donors (Lipinski definition) is 1. The van der Waals surface area contributed by atoms with Crippen LogP contribution in [0.4, 0.5) is 0 Å². The van der Waals surface area contributed by atoms with E-state index >= 15 is 0 Å². The lowest BCUT2D eigenvalue weighted by molar-refractivity contribution is 0.0235. The summed E-state index contributed by atoms with van der Waals surface area (Å²) in [4.78, 5) is 0. The Bertz CT molecular complexity index is 117. The molecule has 0 aliphatic carbocycles. The second-order valence-corrected chi connectivity index (χ2v) is 5.08. The van der Waals surface area contributed by atoms with Crippen molar-refractivity contribution in [2.75, 3.05) is 31.7 Å². The molecule has 0 amide bonds. The normalized spacial score (nSPS) is 12.0. The fourth-order valence-electron chi connectivity index (χ4n) is 0.905. The van der Waals surface area contributed by atoms with Gasteiger partial charge >= 0.3 is 0 Å². The van der Waals surface area contributed by atoms with Gasteiger partial charge in [0.25, 0.3) is 0 Å². The highest BCUT2D eigenvalue weighted by Gasteiger charge is 2.14.